The molecule has 1 rings (SSSR count). The molecule has 0 aromatic heterocycles. The third kappa shape index (κ3) is 2.73. The highest BCUT2D eigenvalue weighted by Gasteiger charge is 2.24. The van der Waals surface area contributed by atoms with E-state index in [0.717, 1.165) is 19.6 Å². The first kappa shape index (κ1) is 9.96. The van der Waals surface area contributed by atoms with E-state index >= 15 is 0 Å². The van der Waals surface area contributed by atoms with Crippen LogP contribution >= 0.6 is 0 Å². The van der Waals surface area contributed by atoms with Crippen LogP contribution in [0.25, 0.3) is 0 Å². The van der Waals surface area contributed by atoms with Crippen molar-refractivity contribution in [2.45, 2.75) is 6.42 Å². The molecule has 0 bridgehead atoms. The Morgan fingerprint density at radius 3 is 2.75 bits per heavy atom. The fourth-order valence-corrected chi connectivity index (χ4v) is 1.90. The van der Waals surface area contributed by atoms with Crippen molar-refractivity contribution in [1.29, 1.82) is 0 Å². The van der Waals surface area contributed by atoms with Gasteiger partial charge in [0.25, 0.3) is 0 Å². The van der Waals surface area contributed by atoms with E-state index in [9.17, 15) is 5.11 Å². The zero-order chi connectivity index (χ0) is 8.97. The SMILES string of the molecule is CN(C)CC(CO)C1CCNC1. The number of nitrogens with one attached hydrogen (secondary N) is 1. The van der Waals surface area contributed by atoms with Gasteiger partial charge in [-0.25, -0.2) is 0 Å². The Labute approximate surface area is 74.8 Å². The number of aliphatic hydroxyl groups excluding tert-OH is 1. The van der Waals surface area contributed by atoms with Crippen molar-refractivity contribution in [3.05, 3.63) is 0 Å². The second-order valence-corrected chi connectivity index (χ2v) is 3.96. The van der Waals surface area contributed by atoms with Gasteiger partial charge in [-0.15, -0.1) is 0 Å². The topological polar surface area (TPSA) is 35.5 Å². The van der Waals surface area contributed by atoms with Crippen LogP contribution in [0.15, 0.2) is 0 Å². The third-order valence-electron chi connectivity index (χ3n) is 2.60. The summed E-state index contributed by atoms with van der Waals surface area (Å²) < 4.78 is 0. The predicted molar refractivity (Wildman–Crippen MR) is 50.1 cm³/mol. The molecule has 0 aromatic carbocycles. The molecule has 72 valence electrons. The average Bonchev–Trinajstić information content (AvgIpc) is 2.51. The van der Waals surface area contributed by atoms with Crippen molar-refractivity contribution < 1.29 is 5.11 Å². The smallest absolute Gasteiger partial charge is 0.0474 e. The van der Waals surface area contributed by atoms with Crippen LogP contribution in [0.1, 0.15) is 6.42 Å². The first-order valence-electron chi connectivity index (χ1n) is 4.70. The molecule has 0 amide bonds. The van der Waals surface area contributed by atoms with Crippen LogP contribution in [0, 0.1) is 11.8 Å². The Morgan fingerprint density at radius 2 is 2.33 bits per heavy atom. The molecule has 1 aliphatic rings. The van der Waals surface area contributed by atoms with Gasteiger partial charge >= 0.3 is 0 Å². The highest BCUT2D eigenvalue weighted by atomic mass is 16.3. The van der Waals surface area contributed by atoms with Gasteiger partial charge in [0, 0.05) is 13.2 Å². The van der Waals surface area contributed by atoms with Crippen molar-refractivity contribution in [3.8, 4) is 0 Å². The van der Waals surface area contributed by atoms with E-state index in [0.29, 0.717) is 18.4 Å². The summed E-state index contributed by atoms with van der Waals surface area (Å²) in [7, 11) is 4.12. The largest absolute Gasteiger partial charge is 0.396 e. The average molecular weight is 172 g/mol. The van der Waals surface area contributed by atoms with E-state index in [2.05, 4.69) is 24.3 Å². The summed E-state index contributed by atoms with van der Waals surface area (Å²) >= 11 is 0. The summed E-state index contributed by atoms with van der Waals surface area (Å²) in [6.45, 7) is 3.53. The first-order valence-corrected chi connectivity index (χ1v) is 4.70. The van der Waals surface area contributed by atoms with Gasteiger partial charge in [-0.1, -0.05) is 0 Å². The van der Waals surface area contributed by atoms with Gasteiger partial charge in [0.2, 0.25) is 0 Å². The van der Waals surface area contributed by atoms with Gasteiger partial charge in [0.1, 0.15) is 0 Å². The van der Waals surface area contributed by atoms with E-state index in [1.54, 1.807) is 0 Å². The van der Waals surface area contributed by atoms with Crippen LogP contribution in [0.2, 0.25) is 0 Å². The van der Waals surface area contributed by atoms with Crippen LogP contribution in [0.4, 0.5) is 0 Å². The second-order valence-electron chi connectivity index (χ2n) is 3.96. The van der Waals surface area contributed by atoms with Crippen LogP contribution in [0.3, 0.4) is 0 Å². The Bertz CT molecular complexity index is 122. The quantitative estimate of drug-likeness (QED) is 0.614. The van der Waals surface area contributed by atoms with Gasteiger partial charge in [-0.2, -0.15) is 0 Å². The Balaban J connectivity index is 2.32. The number of aliphatic hydroxyl groups is 1. The summed E-state index contributed by atoms with van der Waals surface area (Å²) in [5, 5.41) is 12.5. The molecule has 0 aliphatic carbocycles. The maximum absolute atomic E-state index is 9.18. The minimum Gasteiger partial charge on any atom is -0.396 e. The summed E-state index contributed by atoms with van der Waals surface area (Å²) in [4.78, 5) is 2.15. The van der Waals surface area contributed by atoms with Gasteiger partial charge in [0.15, 0.2) is 0 Å². The van der Waals surface area contributed by atoms with Crippen molar-refractivity contribution >= 4 is 0 Å². The fourth-order valence-electron chi connectivity index (χ4n) is 1.90. The second kappa shape index (κ2) is 4.80. The van der Waals surface area contributed by atoms with Gasteiger partial charge < -0.3 is 15.3 Å². The minimum atomic E-state index is 0.324. The molecule has 0 spiro atoms. The van der Waals surface area contributed by atoms with Gasteiger partial charge in [-0.3, -0.25) is 0 Å². The molecule has 12 heavy (non-hydrogen) atoms. The molecule has 2 N–H and O–H groups in total. The third-order valence-corrected chi connectivity index (χ3v) is 2.60. The molecule has 0 saturated carbocycles. The maximum atomic E-state index is 9.18. The maximum Gasteiger partial charge on any atom is 0.0474 e. The predicted octanol–water partition coefficient (Wildman–Crippen LogP) is -0.234. The van der Waals surface area contributed by atoms with E-state index in [1.165, 1.54) is 6.42 Å². The van der Waals surface area contributed by atoms with Gasteiger partial charge in [0.05, 0.1) is 0 Å². The number of nitrogens with zero attached hydrogens (tertiary/aromatic N) is 1. The van der Waals surface area contributed by atoms with Crippen LogP contribution in [0.5, 0.6) is 0 Å². The lowest BCUT2D eigenvalue weighted by Crippen LogP contribution is -2.31. The van der Waals surface area contributed by atoms with Crippen LogP contribution in [-0.2, 0) is 0 Å². The Kier molecular flexibility index (Phi) is 3.98. The number of hydrogen-bond donors (Lipinski definition) is 2. The highest BCUT2D eigenvalue weighted by Crippen LogP contribution is 2.18. The van der Waals surface area contributed by atoms with E-state index in [4.69, 9.17) is 0 Å². The number of hydrogen-bond acceptors (Lipinski definition) is 3. The van der Waals surface area contributed by atoms with Gasteiger partial charge in [-0.05, 0) is 45.4 Å². The molecule has 1 heterocycles. The first-order chi connectivity index (χ1) is 5.74. The summed E-state index contributed by atoms with van der Waals surface area (Å²) in [6.07, 6.45) is 1.22. The molecule has 1 fully saturated rings. The van der Waals surface area contributed by atoms with E-state index in [-0.39, 0.29) is 0 Å². The monoisotopic (exact) mass is 172 g/mol. The molecule has 3 nitrogen and oxygen atoms in total. The lowest BCUT2D eigenvalue weighted by atomic mass is 9.92. The minimum absolute atomic E-state index is 0.324. The molecule has 3 heteroatoms. The molecule has 0 aromatic rings. The zero-order valence-electron chi connectivity index (χ0n) is 8.08. The van der Waals surface area contributed by atoms with Crippen LogP contribution in [-0.4, -0.2) is 50.3 Å². The molecule has 2 atom stereocenters. The zero-order valence-corrected chi connectivity index (χ0v) is 8.08. The summed E-state index contributed by atoms with van der Waals surface area (Å²) in [6, 6.07) is 0. The lowest BCUT2D eigenvalue weighted by Gasteiger charge is -2.23. The normalized spacial score (nSPS) is 26.5. The summed E-state index contributed by atoms with van der Waals surface area (Å²) in [5.74, 6) is 1.13. The molecule has 2 unspecified atom stereocenters. The van der Waals surface area contributed by atoms with E-state index < -0.39 is 0 Å². The van der Waals surface area contributed by atoms with E-state index in [1.807, 2.05) is 0 Å². The highest BCUT2D eigenvalue weighted by molar-refractivity contribution is 4.79. The number of rotatable bonds is 4. The van der Waals surface area contributed by atoms with Crippen molar-refractivity contribution in [3.63, 3.8) is 0 Å². The lowest BCUT2D eigenvalue weighted by molar-refractivity contribution is 0.150. The molecule has 0 radical (unpaired) electrons. The van der Waals surface area contributed by atoms with Crippen molar-refractivity contribution in [2.24, 2.45) is 11.8 Å². The molecule has 1 saturated heterocycles. The molecule has 1 aliphatic heterocycles. The van der Waals surface area contributed by atoms with Crippen LogP contribution < -0.4 is 5.32 Å². The summed E-state index contributed by atoms with van der Waals surface area (Å²) in [5.41, 5.74) is 0. The molecular weight excluding hydrogens is 152 g/mol. The Morgan fingerprint density at radius 1 is 1.58 bits per heavy atom. The Hall–Kier alpha value is -0.120. The van der Waals surface area contributed by atoms with Crippen molar-refractivity contribution in [1.82, 2.24) is 10.2 Å². The standard InChI is InChI=1S/C9H20N2O/c1-11(2)6-9(7-12)8-3-4-10-5-8/h8-10,12H,3-7H2,1-2H3. The molecular formula is C9H20N2O. The van der Waals surface area contributed by atoms with Crippen molar-refractivity contribution in [2.75, 3.05) is 40.3 Å². The fraction of sp³-hybridized carbons (Fsp3) is 1.00.